The van der Waals surface area contributed by atoms with Crippen molar-refractivity contribution in [2.45, 2.75) is 13.8 Å². The Morgan fingerprint density at radius 1 is 1.30 bits per heavy atom. The molecule has 0 fully saturated rings. The minimum absolute atomic E-state index is 0. The Hall–Kier alpha value is -1.25. The molecule has 9 heteroatoms. The van der Waals surface area contributed by atoms with Gasteiger partial charge in [0.1, 0.15) is 5.75 Å². The quantitative estimate of drug-likeness (QED) is 0.685. The number of halogens is 2. The Morgan fingerprint density at radius 2 is 1.87 bits per heavy atom. The van der Waals surface area contributed by atoms with Crippen LogP contribution in [0.3, 0.4) is 0 Å². The van der Waals surface area contributed by atoms with Gasteiger partial charge in [0.2, 0.25) is 0 Å². The average Bonchev–Trinajstić information content (AvgIpc) is 2.45. The molecule has 7 N–H and O–H groups in total. The number of nitrogens with two attached hydrogens (primary N) is 1. The second-order valence-electron chi connectivity index (χ2n) is 4.36. The molecule has 0 spiro atoms. The van der Waals surface area contributed by atoms with Crippen LogP contribution in [0, 0.1) is 0 Å². The van der Waals surface area contributed by atoms with Gasteiger partial charge in [-0.15, -0.1) is 12.4 Å². The maximum atomic E-state index is 12.1. The summed E-state index contributed by atoms with van der Waals surface area (Å²) in [7, 11) is 1.50. The number of carbonyl (C=O) groups excluding carboxylic acids is 1. The minimum Gasteiger partial charge on any atom is -0.496 e. The molecule has 0 aliphatic carbocycles. The zero-order chi connectivity index (χ0) is 15.1. The van der Waals surface area contributed by atoms with Crippen LogP contribution in [0.2, 0.25) is 5.02 Å². The van der Waals surface area contributed by atoms with E-state index in [-0.39, 0.29) is 29.3 Å². The van der Waals surface area contributed by atoms with Crippen molar-refractivity contribution in [1.29, 1.82) is 0 Å². The monoisotopic (exact) mass is 371 g/mol. The van der Waals surface area contributed by atoms with Gasteiger partial charge < -0.3 is 31.6 Å². The highest BCUT2D eigenvalue weighted by molar-refractivity contribution is 6.33. The first-order chi connectivity index (χ1) is 9.53. The molecule has 0 heterocycles. The molecular formula is C14H27Cl2N3O4. The average molecular weight is 372 g/mol. The van der Waals surface area contributed by atoms with Crippen LogP contribution in [0.25, 0.3) is 0 Å². The number of benzene rings is 1. The zero-order valence-corrected chi connectivity index (χ0v) is 15.2. The van der Waals surface area contributed by atoms with Gasteiger partial charge in [0.25, 0.3) is 5.91 Å². The summed E-state index contributed by atoms with van der Waals surface area (Å²) < 4.78 is 5.16. The van der Waals surface area contributed by atoms with Crippen molar-refractivity contribution >= 4 is 35.6 Å². The molecule has 0 aliphatic rings. The predicted octanol–water partition coefficient (Wildman–Crippen LogP) is 0.775. The molecule has 0 unspecified atom stereocenters. The van der Waals surface area contributed by atoms with E-state index in [2.05, 4.69) is 24.1 Å². The molecule has 0 atom stereocenters. The van der Waals surface area contributed by atoms with Crippen molar-refractivity contribution in [3.05, 3.63) is 22.7 Å². The van der Waals surface area contributed by atoms with Crippen molar-refractivity contribution in [3.8, 4) is 5.75 Å². The number of ether oxygens (including phenoxy) is 1. The van der Waals surface area contributed by atoms with Gasteiger partial charge in [0.05, 0.1) is 23.4 Å². The summed E-state index contributed by atoms with van der Waals surface area (Å²) in [6.45, 7) is 7.49. The molecule has 136 valence electrons. The third-order valence-corrected chi connectivity index (χ3v) is 3.50. The topological polar surface area (TPSA) is 131 Å². The van der Waals surface area contributed by atoms with Gasteiger partial charge in [-0.05, 0) is 19.2 Å². The summed E-state index contributed by atoms with van der Waals surface area (Å²) in [6, 6.07) is 3.09. The molecule has 0 saturated heterocycles. The summed E-state index contributed by atoms with van der Waals surface area (Å²) in [6.07, 6.45) is 0. The maximum absolute atomic E-state index is 12.1. The lowest BCUT2D eigenvalue weighted by molar-refractivity contribution is 0.0946. The van der Waals surface area contributed by atoms with Crippen LogP contribution in [0.5, 0.6) is 5.75 Å². The highest BCUT2D eigenvalue weighted by atomic mass is 35.5. The summed E-state index contributed by atoms with van der Waals surface area (Å²) in [5.41, 5.74) is 6.48. The first kappa shape index (κ1) is 26.6. The zero-order valence-electron chi connectivity index (χ0n) is 13.6. The van der Waals surface area contributed by atoms with Crippen LogP contribution in [-0.4, -0.2) is 55.0 Å². The van der Waals surface area contributed by atoms with Crippen molar-refractivity contribution in [1.82, 2.24) is 10.2 Å². The molecule has 1 rings (SSSR count). The first-order valence-corrected chi connectivity index (χ1v) is 7.04. The van der Waals surface area contributed by atoms with Crippen molar-refractivity contribution in [3.63, 3.8) is 0 Å². The molecule has 1 aromatic rings. The van der Waals surface area contributed by atoms with Gasteiger partial charge in [0.15, 0.2) is 0 Å². The Balaban J connectivity index is -0.00000133. The van der Waals surface area contributed by atoms with Crippen molar-refractivity contribution in [2.24, 2.45) is 0 Å². The third-order valence-electron chi connectivity index (χ3n) is 3.17. The molecule has 23 heavy (non-hydrogen) atoms. The van der Waals surface area contributed by atoms with E-state index in [0.717, 1.165) is 19.6 Å². The largest absolute Gasteiger partial charge is 0.496 e. The number of rotatable bonds is 7. The standard InChI is InChI=1S/C14H22ClN3O2.ClH.2H2O/c1-4-18(5-2)7-6-17-14(19)10-8-11(15)12(16)9-13(10)20-3;;;/h8-9H,4-7,16H2,1-3H3,(H,17,19);1H;2*1H2. The highest BCUT2D eigenvalue weighted by Crippen LogP contribution is 2.28. The lowest BCUT2D eigenvalue weighted by Crippen LogP contribution is -2.34. The number of nitrogen functional groups attached to an aromatic ring is 1. The van der Waals surface area contributed by atoms with E-state index in [1.807, 2.05) is 0 Å². The number of likely N-dealkylation sites (N-methyl/N-ethyl adjacent to an activating group) is 1. The Morgan fingerprint density at radius 3 is 2.35 bits per heavy atom. The lowest BCUT2D eigenvalue weighted by Gasteiger charge is -2.18. The molecule has 0 aliphatic heterocycles. The van der Waals surface area contributed by atoms with Gasteiger partial charge in [0, 0.05) is 19.2 Å². The second kappa shape index (κ2) is 13.2. The van der Waals surface area contributed by atoms with Gasteiger partial charge in [-0.1, -0.05) is 25.4 Å². The van der Waals surface area contributed by atoms with E-state index in [1.165, 1.54) is 13.2 Å². The Kier molecular flexibility index (Phi) is 15.3. The number of methoxy groups -OCH3 is 1. The van der Waals surface area contributed by atoms with E-state index in [1.54, 1.807) is 6.07 Å². The van der Waals surface area contributed by atoms with E-state index in [0.29, 0.717) is 28.6 Å². The van der Waals surface area contributed by atoms with Crippen LogP contribution < -0.4 is 15.8 Å². The van der Waals surface area contributed by atoms with Gasteiger partial charge in [-0.25, -0.2) is 0 Å². The maximum Gasteiger partial charge on any atom is 0.255 e. The number of nitrogens with zero attached hydrogens (tertiary/aromatic N) is 1. The SMILES string of the molecule is CCN(CC)CCNC(=O)c1cc(Cl)c(N)cc1OC.Cl.O.O. The number of carbonyl (C=O) groups is 1. The molecule has 7 nitrogen and oxygen atoms in total. The van der Waals surface area contributed by atoms with Gasteiger partial charge in [-0.2, -0.15) is 0 Å². The summed E-state index contributed by atoms with van der Waals surface area (Å²) in [5, 5.41) is 3.21. The van der Waals surface area contributed by atoms with Crippen LogP contribution in [0.15, 0.2) is 12.1 Å². The van der Waals surface area contributed by atoms with E-state index < -0.39 is 0 Å². The Bertz CT molecular complexity index is 472. The number of nitrogens with one attached hydrogen (secondary N) is 1. The fourth-order valence-electron chi connectivity index (χ4n) is 1.88. The number of hydrogen-bond donors (Lipinski definition) is 2. The van der Waals surface area contributed by atoms with E-state index in [9.17, 15) is 4.79 Å². The second-order valence-corrected chi connectivity index (χ2v) is 4.76. The van der Waals surface area contributed by atoms with Crippen LogP contribution in [-0.2, 0) is 0 Å². The normalized spacial score (nSPS) is 9.26. The summed E-state index contributed by atoms with van der Waals surface area (Å²) in [5.74, 6) is 0.211. The lowest BCUT2D eigenvalue weighted by atomic mass is 10.1. The van der Waals surface area contributed by atoms with Crippen LogP contribution in [0.4, 0.5) is 5.69 Å². The smallest absolute Gasteiger partial charge is 0.255 e. The highest BCUT2D eigenvalue weighted by Gasteiger charge is 2.14. The minimum atomic E-state index is -0.212. The molecule has 1 aromatic carbocycles. The van der Waals surface area contributed by atoms with Gasteiger partial charge >= 0.3 is 0 Å². The first-order valence-electron chi connectivity index (χ1n) is 6.67. The molecule has 0 aromatic heterocycles. The van der Waals surface area contributed by atoms with Crippen LogP contribution >= 0.6 is 24.0 Å². The molecule has 0 bridgehead atoms. The molecular weight excluding hydrogens is 345 g/mol. The predicted molar refractivity (Wildman–Crippen MR) is 97.0 cm³/mol. The van der Waals surface area contributed by atoms with E-state index >= 15 is 0 Å². The number of amides is 1. The van der Waals surface area contributed by atoms with Gasteiger partial charge in [-0.3, -0.25) is 4.79 Å². The summed E-state index contributed by atoms with van der Waals surface area (Å²) >= 11 is 5.95. The van der Waals surface area contributed by atoms with Crippen molar-refractivity contribution < 1.29 is 20.5 Å². The molecule has 0 saturated carbocycles. The van der Waals surface area contributed by atoms with Crippen molar-refractivity contribution in [2.75, 3.05) is 39.0 Å². The molecule has 0 radical (unpaired) electrons. The summed E-state index contributed by atoms with van der Waals surface area (Å²) in [4.78, 5) is 14.4. The fraction of sp³-hybridized carbons (Fsp3) is 0.500. The fourth-order valence-corrected chi connectivity index (χ4v) is 2.04. The number of anilines is 1. The number of hydrogen-bond acceptors (Lipinski definition) is 4. The third kappa shape index (κ3) is 7.71. The Labute approximate surface area is 148 Å². The molecule has 1 amide bonds. The van der Waals surface area contributed by atoms with E-state index in [4.69, 9.17) is 22.1 Å². The van der Waals surface area contributed by atoms with Crippen LogP contribution in [0.1, 0.15) is 24.2 Å².